The number of nitrogens with zero attached hydrogens (tertiary/aromatic N) is 1. The molecule has 1 saturated heterocycles. The monoisotopic (exact) mass is 450 g/mol. The predicted octanol–water partition coefficient (Wildman–Crippen LogP) is 3.68. The minimum Gasteiger partial charge on any atom is -0.391 e. The Bertz CT molecular complexity index is 685. The van der Waals surface area contributed by atoms with E-state index < -0.39 is 5.60 Å². The highest BCUT2D eigenvalue weighted by molar-refractivity contribution is 5.25. The average molecular weight is 451 g/mol. The number of aliphatic hydroxyl groups excluding tert-OH is 1. The molecule has 182 valence electrons. The summed E-state index contributed by atoms with van der Waals surface area (Å²) in [7, 11) is 3.63. The minimum atomic E-state index is -1.09. The number of hydrogen-bond donors (Lipinski definition) is 3. The van der Waals surface area contributed by atoms with Crippen LogP contribution >= 0.6 is 0 Å². The van der Waals surface area contributed by atoms with Gasteiger partial charge in [0, 0.05) is 38.8 Å². The summed E-state index contributed by atoms with van der Waals surface area (Å²) >= 11 is 0. The average Bonchev–Trinajstić information content (AvgIpc) is 3.35. The summed E-state index contributed by atoms with van der Waals surface area (Å²) in [6, 6.07) is 6.52. The number of hydrogen-bond acceptors (Lipinski definition) is 5. The SMILES string of the molecule is CNC[C@H]([C@@H](O)C1CCCC1)N1CCCC([C@@](O)(CCCCOC)c2cccc(F)c2)C1. The molecule has 1 aliphatic heterocycles. The summed E-state index contributed by atoms with van der Waals surface area (Å²) in [5, 5.41) is 26.5. The van der Waals surface area contributed by atoms with Crippen LogP contribution < -0.4 is 5.32 Å². The summed E-state index contributed by atoms with van der Waals surface area (Å²) in [4.78, 5) is 2.38. The van der Waals surface area contributed by atoms with Gasteiger partial charge in [0.05, 0.1) is 11.7 Å². The lowest BCUT2D eigenvalue weighted by molar-refractivity contribution is -0.0813. The molecule has 1 saturated carbocycles. The molecule has 1 aromatic rings. The summed E-state index contributed by atoms with van der Waals surface area (Å²) in [5.41, 5.74) is -0.417. The van der Waals surface area contributed by atoms with Crippen molar-refractivity contribution >= 4 is 0 Å². The van der Waals surface area contributed by atoms with E-state index in [0.717, 1.165) is 51.6 Å². The molecule has 0 spiro atoms. The van der Waals surface area contributed by atoms with Crippen LogP contribution in [-0.2, 0) is 10.3 Å². The van der Waals surface area contributed by atoms with Gasteiger partial charge in [-0.1, -0.05) is 25.0 Å². The van der Waals surface area contributed by atoms with E-state index in [9.17, 15) is 14.6 Å². The van der Waals surface area contributed by atoms with Crippen LogP contribution in [0.5, 0.6) is 0 Å². The number of piperidine rings is 1. The summed E-state index contributed by atoms with van der Waals surface area (Å²) in [5.74, 6) is 0.0517. The van der Waals surface area contributed by atoms with Crippen LogP contribution in [0.1, 0.15) is 63.4 Å². The van der Waals surface area contributed by atoms with Crippen molar-refractivity contribution in [3.63, 3.8) is 0 Å². The van der Waals surface area contributed by atoms with Crippen LogP contribution in [0, 0.1) is 17.7 Å². The van der Waals surface area contributed by atoms with E-state index >= 15 is 0 Å². The van der Waals surface area contributed by atoms with Crippen molar-refractivity contribution < 1.29 is 19.3 Å². The van der Waals surface area contributed by atoms with Gasteiger partial charge in [-0.3, -0.25) is 4.90 Å². The molecule has 2 fully saturated rings. The number of halogens is 1. The van der Waals surface area contributed by atoms with E-state index in [1.54, 1.807) is 13.2 Å². The van der Waals surface area contributed by atoms with Crippen molar-refractivity contribution in [1.29, 1.82) is 0 Å². The molecule has 3 rings (SSSR count). The first kappa shape index (κ1) is 25.6. The van der Waals surface area contributed by atoms with Crippen molar-refractivity contribution in [3.05, 3.63) is 35.6 Å². The maximum absolute atomic E-state index is 14.1. The Morgan fingerprint density at radius 1 is 1.22 bits per heavy atom. The lowest BCUT2D eigenvalue weighted by Crippen LogP contribution is -2.56. The number of ether oxygens (including phenoxy) is 1. The highest BCUT2D eigenvalue weighted by Crippen LogP contribution is 2.41. The van der Waals surface area contributed by atoms with E-state index in [2.05, 4.69) is 10.2 Å². The number of aliphatic hydroxyl groups is 2. The molecule has 2 aliphatic rings. The standard InChI is InChI=1S/C26H43FN2O3/c1-28-18-24(25(30)20-9-3-4-10-20)29-15-8-12-22(19-29)26(31,14-5-6-16-32-2)21-11-7-13-23(27)17-21/h7,11,13,17,20,22,24-25,28,30-31H,3-6,8-10,12,14-16,18-19H2,1-2H3/t22?,24-,25+,26-/m1/s1. The zero-order chi connectivity index (χ0) is 23.0. The van der Waals surface area contributed by atoms with Gasteiger partial charge in [-0.05, 0) is 82.2 Å². The smallest absolute Gasteiger partial charge is 0.123 e. The molecule has 1 aromatic carbocycles. The van der Waals surface area contributed by atoms with Crippen molar-refractivity contribution in [1.82, 2.24) is 10.2 Å². The van der Waals surface area contributed by atoms with Gasteiger partial charge in [-0.25, -0.2) is 4.39 Å². The van der Waals surface area contributed by atoms with Gasteiger partial charge >= 0.3 is 0 Å². The van der Waals surface area contributed by atoms with Crippen LogP contribution in [-0.4, -0.2) is 67.7 Å². The Hall–Kier alpha value is -1.05. The quantitative estimate of drug-likeness (QED) is 0.424. The minimum absolute atomic E-state index is 0.00395. The Labute approximate surface area is 193 Å². The molecule has 0 bridgehead atoms. The van der Waals surface area contributed by atoms with Crippen molar-refractivity contribution in [2.24, 2.45) is 11.8 Å². The number of nitrogens with one attached hydrogen (secondary N) is 1. The number of benzene rings is 1. The molecule has 32 heavy (non-hydrogen) atoms. The molecular formula is C26H43FN2O3. The number of likely N-dealkylation sites (N-methyl/N-ethyl adjacent to an activating group) is 1. The molecule has 4 atom stereocenters. The molecule has 1 aliphatic carbocycles. The molecule has 1 heterocycles. The van der Waals surface area contributed by atoms with E-state index in [1.807, 2.05) is 13.1 Å². The maximum Gasteiger partial charge on any atom is 0.123 e. The third kappa shape index (κ3) is 6.29. The zero-order valence-electron chi connectivity index (χ0n) is 19.9. The van der Waals surface area contributed by atoms with E-state index in [1.165, 1.54) is 25.0 Å². The highest BCUT2D eigenvalue weighted by atomic mass is 19.1. The van der Waals surface area contributed by atoms with Gasteiger partial charge in [0.2, 0.25) is 0 Å². The fourth-order valence-electron chi connectivity index (χ4n) is 5.97. The fourth-order valence-corrected chi connectivity index (χ4v) is 5.97. The first-order valence-electron chi connectivity index (χ1n) is 12.5. The van der Waals surface area contributed by atoms with Gasteiger partial charge in [-0.2, -0.15) is 0 Å². The molecule has 0 amide bonds. The second kappa shape index (κ2) is 12.4. The first-order valence-corrected chi connectivity index (χ1v) is 12.5. The van der Waals surface area contributed by atoms with E-state index in [0.29, 0.717) is 31.1 Å². The number of unbranched alkanes of at least 4 members (excludes halogenated alkanes) is 1. The second-order valence-corrected chi connectivity index (χ2v) is 9.88. The Morgan fingerprint density at radius 2 is 2.00 bits per heavy atom. The van der Waals surface area contributed by atoms with Gasteiger partial charge in [0.25, 0.3) is 0 Å². The van der Waals surface area contributed by atoms with Crippen LogP contribution in [0.2, 0.25) is 0 Å². The molecule has 0 radical (unpaired) electrons. The van der Waals surface area contributed by atoms with Gasteiger partial charge in [-0.15, -0.1) is 0 Å². The Kier molecular flexibility index (Phi) is 9.93. The normalized spacial score (nSPS) is 24.3. The van der Waals surface area contributed by atoms with Gasteiger partial charge < -0.3 is 20.3 Å². The second-order valence-electron chi connectivity index (χ2n) is 9.88. The largest absolute Gasteiger partial charge is 0.391 e. The number of rotatable bonds is 12. The Morgan fingerprint density at radius 3 is 2.69 bits per heavy atom. The lowest BCUT2D eigenvalue weighted by atomic mass is 9.73. The van der Waals surface area contributed by atoms with Crippen LogP contribution in [0.4, 0.5) is 4.39 Å². The third-order valence-corrected chi connectivity index (χ3v) is 7.77. The fraction of sp³-hybridized carbons (Fsp3) is 0.769. The molecule has 0 aromatic heterocycles. The van der Waals surface area contributed by atoms with Crippen molar-refractivity contribution in [2.45, 2.75) is 75.5 Å². The maximum atomic E-state index is 14.1. The van der Waals surface area contributed by atoms with Gasteiger partial charge in [0.1, 0.15) is 5.82 Å². The zero-order valence-corrected chi connectivity index (χ0v) is 19.9. The lowest BCUT2D eigenvalue weighted by Gasteiger charge is -2.46. The summed E-state index contributed by atoms with van der Waals surface area (Å²) in [6.07, 6.45) is 8.41. The molecule has 5 nitrogen and oxygen atoms in total. The predicted molar refractivity (Wildman–Crippen MR) is 126 cm³/mol. The summed E-state index contributed by atoms with van der Waals surface area (Å²) < 4.78 is 19.3. The third-order valence-electron chi connectivity index (χ3n) is 7.77. The molecule has 6 heteroatoms. The number of methoxy groups -OCH3 is 1. The molecule has 3 N–H and O–H groups in total. The number of likely N-dealkylation sites (tertiary alicyclic amines) is 1. The molecule has 1 unspecified atom stereocenters. The molecular weight excluding hydrogens is 407 g/mol. The van der Waals surface area contributed by atoms with E-state index in [4.69, 9.17) is 4.74 Å². The van der Waals surface area contributed by atoms with Crippen LogP contribution in [0.25, 0.3) is 0 Å². The van der Waals surface area contributed by atoms with Crippen LogP contribution in [0.3, 0.4) is 0 Å². The van der Waals surface area contributed by atoms with Crippen LogP contribution in [0.15, 0.2) is 24.3 Å². The van der Waals surface area contributed by atoms with Crippen molar-refractivity contribution in [3.8, 4) is 0 Å². The van der Waals surface area contributed by atoms with Gasteiger partial charge in [0.15, 0.2) is 0 Å². The summed E-state index contributed by atoms with van der Waals surface area (Å²) in [6.45, 7) is 3.04. The van der Waals surface area contributed by atoms with Crippen molar-refractivity contribution in [2.75, 3.05) is 40.4 Å². The highest BCUT2D eigenvalue weighted by Gasteiger charge is 2.43. The Balaban J connectivity index is 1.79. The first-order chi connectivity index (χ1) is 15.5. The van der Waals surface area contributed by atoms with E-state index in [-0.39, 0.29) is 23.9 Å². The topological polar surface area (TPSA) is 65.0 Å².